The maximum Gasteiger partial charge on any atom is 0.240 e. The van der Waals surface area contributed by atoms with Gasteiger partial charge in [0.1, 0.15) is 0 Å². The van der Waals surface area contributed by atoms with Crippen LogP contribution < -0.4 is 10.6 Å². The van der Waals surface area contributed by atoms with Gasteiger partial charge in [-0.1, -0.05) is 11.3 Å². The Labute approximate surface area is 102 Å². The fraction of sp³-hybridized carbons (Fsp3) is 0.556. The molecule has 6 heteroatoms. The zero-order valence-corrected chi connectivity index (χ0v) is 11.3. The lowest BCUT2D eigenvalue weighted by Gasteiger charge is -2.19. The summed E-state index contributed by atoms with van der Waals surface area (Å²) in [5.74, 6) is -0.0771. The van der Waals surface area contributed by atoms with Crippen molar-refractivity contribution in [2.45, 2.75) is 26.3 Å². The van der Waals surface area contributed by atoms with Crippen LogP contribution in [-0.2, 0) is 4.79 Å². The molecule has 1 aromatic heterocycles. The molecule has 0 atom stereocenters. The van der Waals surface area contributed by atoms with E-state index in [9.17, 15) is 4.79 Å². The molecule has 1 rings (SSSR count). The highest BCUT2D eigenvalue weighted by atomic mass is 79.9. The maximum absolute atomic E-state index is 11.4. The zero-order valence-electron chi connectivity index (χ0n) is 8.93. The molecule has 4 nitrogen and oxygen atoms in total. The van der Waals surface area contributed by atoms with Crippen molar-refractivity contribution in [1.82, 2.24) is 10.3 Å². The fourth-order valence-electron chi connectivity index (χ4n) is 0.821. The number of hydrogen-bond donors (Lipinski definition) is 2. The summed E-state index contributed by atoms with van der Waals surface area (Å²) in [5.41, 5.74) is -0.0548. The van der Waals surface area contributed by atoms with Gasteiger partial charge < -0.3 is 10.6 Å². The Morgan fingerprint density at radius 1 is 1.60 bits per heavy atom. The number of thiazole rings is 1. The molecule has 0 radical (unpaired) electrons. The second-order valence-corrected chi connectivity index (χ2v) is 6.53. The van der Waals surface area contributed by atoms with Crippen molar-refractivity contribution in [1.29, 1.82) is 0 Å². The number of halogens is 1. The number of amides is 1. The molecular formula is C9H14BrN3OS. The third-order valence-corrected chi connectivity index (χ3v) is 2.89. The highest BCUT2D eigenvalue weighted by Crippen LogP contribution is 2.22. The molecule has 1 aromatic rings. The molecule has 0 saturated carbocycles. The number of hydrogen-bond acceptors (Lipinski definition) is 4. The van der Waals surface area contributed by atoms with Crippen LogP contribution in [0.25, 0.3) is 0 Å². The second-order valence-electron chi connectivity index (χ2n) is 4.12. The molecule has 0 aliphatic heterocycles. The lowest BCUT2D eigenvalue weighted by Crippen LogP contribution is -2.41. The van der Waals surface area contributed by atoms with Crippen LogP contribution in [0.3, 0.4) is 0 Å². The Bertz CT molecular complexity index is 345. The first-order valence-electron chi connectivity index (χ1n) is 4.53. The van der Waals surface area contributed by atoms with E-state index in [2.05, 4.69) is 31.5 Å². The molecule has 84 valence electrons. The maximum atomic E-state index is 11.4. The number of nitrogens with one attached hydrogen (secondary N) is 2. The van der Waals surface area contributed by atoms with Gasteiger partial charge in [-0.2, -0.15) is 0 Å². The van der Waals surface area contributed by atoms with Gasteiger partial charge in [0.05, 0.1) is 16.5 Å². The van der Waals surface area contributed by atoms with Crippen LogP contribution in [-0.4, -0.2) is 23.0 Å². The van der Waals surface area contributed by atoms with E-state index < -0.39 is 0 Å². The molecule has 1 amide bonds. The van der Waals surface area contributed by atoms with Crippen molar-refractivity contribution >= 4 is 38.3 Å². The standard InChI is InChI=1S/C9H14BrN3OS/c1-9(2,3)12-5-7(14)13-8-11-4-6(10)15-8/h4,12H,5H2,1-3H3,(H,11,13,14). The average Bonchev–Trinajstić information content (AvgIpc) is 2.47. The van der Waals surface area contributed by atoms with Gasteiger partial charge in [-0.05, 0) is 36.7 Å². The van der Waals surface area contributed by atoms with Crippen molar-refractivity contribution < 1.29 is 4.79 Å². The molecule has 0 aromatic carbocycles. The Hall–Kier alpha value is -0.460. The summed E-state index contributed by atoms with van der Waals surface area (Å²) < 4.78 is 0.904. The first-order valence-corrected chi connectivity index (χ1v) is 6.14. The normalized spacial score (nSPS) is 11.5. The minimum atomic E-state index is -0.0771. The van der Waals surface area contributed by atoms with Crippen molar-refractivity contribution in [3.8, 4) is 0 Å². The van der Waals surface area contributed by atoms with Gasteiger partial charge in [-0.25, -0.2) is 4.98 Å². The van der Waals surface area contributed by atoms with E-state index in [1.54, 1.807) is 6.20 Å². The van der Waals surface area contributed by atoms with Crippen LogP contribution in [0.4, 0.5) is 5.13 Å². The molecule has 0 saturated heterocycles. The second kappa shape index (κ2) is 5.05. The van der Waals surface area contributed by atoms with Crippen molar-refractivity contribution in [3.63, 3.8) is 0 Å². The molecule has 0 bridgehead atoms. The fourth-order valence-corrected chi connectivity index (χ4v) is 1.94. The monoisotopic (exact) mass is 291 g/mol. The van der Waals surface area contributed by atoms with Crippen LogP contribution in [0.5, 0.6) is 0 Å². The van der Waals surface area contributed by atoms with E-state index in [0.29, 0.717) is 11.7 Å². The Kier molecular flexibility index (Phi) is 4.24. The largest absolute Gasteiger partial charge is 0.304 e. The minimum absolute atomic E-state index is 0.0548. The first kappa shape index (κ1) is 12.6. The SMILES string of the molecule is CC(C)(C)NCC(=O)Nc1ncc(Br)s1. The van der Waals surface area contributed by atoms with Gasteiger partial charge in [-0.3, -0.25) is 4.79 Å². The molecule has 15 heavy (non-hydrogen) atoms. The van der Waals surface area contributed by atoms with Crippen molar-refractivity contribution in [3.05, 3.63) is 9.98 Å². The van der Waals surface area contributed by atoms with E-state index in [0.717, 1.165) is 3.79 Å². The van der Waals surface area contributed by atoms with E-state index in [1.165, 1.54) is 11.3 Å². The molecule has 1 heterocycles. The number of aromatic nitrogens is 1. The van der Waals surface area contributed by atoms with Gasteiger partial charge >= 0.3 is 0 Å². The Morgan fingerprint density at radius 2 is 2.27 bits per heavy atom. The van der Waals surface area contributed by atoms with Gasteiger partial charge in [0.2, 0.25) is 5.91 Å². The van der Waals surface area contributed by atoms with Crippen molar-refractivity contribution in [2.24, 2.45) is 0 Å². The van der Waals surface area contributed by atoms with E-state index >= 15 is 0 Å². The van der Waals surface area contributed by atoms with Crippen LogP contribution in [0, 0.1) is 0 Å². The highest BCUT2D eigenvalue weighted by molar-refractivity contribution is 9.11. The average molecular weight is 292 g/mol. The lowest BCUT2D eigenvalue weighted by atomic mass is 10.1. The number of nitrogens with zero attached hydrogens (tertiary/aromatic N) is 1. The number of anilines is 1. The van der Waals surface area contributed by atoms with Crippen molar-refractivity contribution in [2.75, 3.05) is 11.9 Å². The summed E-state index contributed by atoms with van der Waals surface area (Å²) in [6.07, 6.45) is 1.66. The first-order chi connectivity index (χ1) is 6.87. The quantitative estimate of drug-likeness (QED) is 0.898. The molecule has 0 fully saturated rings. The van der Waals surface area contributed by atoms with Crippen LogP contribution in [0.15, 0.2) is 9.98 Å². The van der Waals surface area contributed by atoms with Gasteiger partial charge in [0.15, 0.2) is 5.13 Å². The number of rotatable bonds is 3. The molecule has 0 unspecified atom stereocenters. The van der Waals surface area contributed by atoms with Gasteiger partial charge in [0, 0.05) is 5.54 Å². The third-order valence-electron chi connectivity index (χ3n) is 1.50. The van der Waals surface area contributed by atoms with Crippen LogP contribution in [0.2, 0.25) is 0 Å². The summed E-state index contributed by atoms with van der Waals surface area (Å²) in [4.78, 5) is 15.5. The third kappa shape index (κ3) is 5.25. The summed E-state index contributed by atoms with van der Waals surface area (Å²) in [7, 11) is 0. The van der Waals surface area contributed by atoms with Gasteiger partial charge in [-0.15, -0.1) is 0 Å². The molecular weight excluding hydrogens is 278 g/mol. The molecule has 0 spiro atoms. The Balaban J connectivity index is 2.37. The van der Waals surface area contributed by atoms with Crippen LogP contribution in [0.1, 0.15) is 20.8 Å². The summed E-state index contributed by atoms with van der Waals surface area (Å²) >= 11 is 4.68. The number of carbonyl (C=O) groups is 1. The predicted molar refractivity (Wildman–Crippen MR) is 66.2 cm³/mol. The van der Waals surface area contributed by atoms with E-state index in [1.807, 2.05) is 20.8 Å². The predicted octanol–water partition coefficient (Wildman–Crippen LogP) is 2.23. The summed E-state index contributed by atoms with van der Waals surface area (Å²) in [6.45, 7) is 6.33. The molecule has 0 aliphatic rings. The smallest absolute Gasteiger partial charge is 0.240 e. The summed E-state index contributed by atoms with van der Waals surface area (Å²) in [6, 6.07) is 0. The highest BCUT2D eigenvalue weighted by Gasteiger charge is 2.12. The van der Waals surface area contributed by atoms with Crippen LogP contribution >= 0.6 is 27.3 Å². The topological polar surface area (TPSA) is 54.0 Å². The Morgan fingerprint density at radius 3 is 2.73 bits per heavy atom. The van der Waals surface area contributed by atoms with E-state index in [4.69, 9.17) is 0 Å². The summed E-state index contributed by atoms with van der Waals surface area (Å²) in [5, 5.41) is 6.43. The zero-order chi connectivity index (χ0) is 11.5. The lowest BCUT2D eigenvalue weighted by molar-refractivity contribution is -0.115. The molecule has 2 N–H and O–H groups in total. The van der Waals surface area contributed by atoms with E-state index in [-0.39, 0.29) is 11.4 Å². The molecule has 0 aliphatic carbocycles. The number of carbonyl (C=O) groups excluding carboxylic acids is 1. The minimum Gasteiger partial charge on any atom is -0.304 e. The van der Waals surface area contributed by atoms with Gasteiger partial charge in [0.25, 0.3) is 0 Å².